The van der Waals surface area contributed by atoms with Crippen LogP contribution in [0.2, 0.25) is 0 Å². The van der Waals surface area contributed by atoms with Crippen molar-refractivity contribution in [3.8, 4) is 0 Å². The second kappa shape index (κ2) is 4.47. The third-order valence-electron chi connectivity index (χ3n) is 1.94. The van der Waals surface area contributed by atoms with Crippen LogP contribution in [0.1, 0.15) is 11.7 Å². The van der Waals surface area contributed by atoms with Crippen LogP contribution >= 0.6 is 0 Å². The van der Waals surface area contributed by atoms with Gasteiger partial charge in [0, 0.05) is 10.4 Å². The van der Waals surface area contributed by atoms with E-state index in [4.69, 9.17) is 15.3 Å². The van der Waals surface area contributed by atoms with Gasteiger partial charge in [-0.25, -0.2) is 4.79 Å². The Hall–Kier alpha value is -2.01. The summed E-state index contributed by atoms with van der Waals surface area (Å²) in [6.45, 7) is 0. The molecule has 4 N–H and O–H groups in total. The van der Waals surface area contributed by atoms with Gasteiger partial charge in [-0.05, 0) is 11.6 Å². The van der Waals surface area contributed by atoms with Gasteiger partial charge in [-0.3, -0.25) is 0 Å². The molecule has 0 amide bonds. The Kier molecular flexibility index (Phi) is 3.30. The molecule has 0 fully saturated rings. The maximum absolute atomic E-state index is 10.5. The zero-order chi connectivity index (χ0) is 11.4. The highest BCUT2D eigenvalue weighted by atomic mass is 16.4. The standard InChI is InChI=1S/C10H10O5/c11-4-7-2-1-6(3-8(7)5-12)9(13)10(14)15/h1-5,9,11-13H,(H,14,15)/t9-/m1/s1. The summed E-state index contributed by atoms with van der Waals surface area (Å²) in [5, 5.41) is 35.9. The molecule has 0 saturated carbocycles. The quantitative estimate of drug-likeness (QED) is 0.522. The minimum Gasteiger partial charge on any atom is -0.515 e. The lowest BCUT2D eigenvalue weighted by molar-refractivity contribution is -0.146. The van der Waals surface area contributed by atoms with E-state index >= 15 is 0 Å². The predicted octanol–water partition coefficient (Wildman–Crippen LogP) is -0.603. The predicted molar refractivity (Wildman–Crippen MR) is 52.5 cm³/mol. The molecule has 0 unspecified atom stereocenters. The van der Waals surface area contributed by atoms with Crippen LogP contribution in [0, 0.1) is 0 Å². The normalized spacial score (nSPS) is 15.3. The van der Waals surface area contributed by atoms with Gasteiger partial charge in [-0.1, -0.05) is 12.1 Å². The first-order valence-corrected chi connectivity index (χ1v) is 4.10. The van der Waals surface area contributed by atoms with Crippen molar-refractivity contribution in [3.05, 3.63) is 34.2 Å². The summed E-state index contributed by atoms with van der Waals surface area (Å²) in [5.41, 5.74) is 0.133. The number of hydrogen-bond donors (Lipinski definition) is 4. The van der Waals surface area contributed by atoms with Crippen LogP contribution in [-0.4, -0.2) is 26.4 Å². The second-order valence-electron chi connectivity index (χ2n) is 2.89. The number of carbonyl (C=O) groups is 1. The topological polar surface area (TPSA) is 98.0 Å². The Morgan fingerprint density at radius 2 is 1.80 bits per heavy atom. The second-order valence-corrected chi connectivity index (χ2v) is 2.89. The first-order chi connectivity index (χ1) is 7.10. The average Bonchev–Trinajstić information content (AvgIpc) is 2.26. The molecule has 0 bridgehead atoms. The number of aliphatic hydroxyl groups is 3. The average molecular weight is 210 g/mol. The largest absolute Gasteiger partial charge is 0.515 e. The molecule has 0 aliphatic rings. The van der Waals surface area contributed by atoms with Crippen molar-refractivity contribution >= 4 is 18.5 Å². The number of benzene rings is 1. The molecule has 15 heavy (non-hydrogen) atoms. The van der Waals surface area contributed by atoms with Crippen LogP contribution in [0.5, 0.6) is 0 Å². The van der Waals surface area contributed by atoms with Gasteiger partial charge < -0.3 is 20.4 Å². The molecule has 5 heteroatoms. The van der Waals surface area contributed by atoms with Crippen molar-refractivity contribution in [2.45, 2.75) is 6.10 Å². The zero-order valence-corrected chi connectivity index (χ0v) is 7.66. The van der Waals surface area contributed by atoms with Gasteiger partial charge in [0.05, 0.1) is 12.5 Å². The summed E-state index contributed by atoms with van der Waals surface area (Å²) >= 11 is 0. The van der Waals surface area contributed by atoms with Crippen LogP contribution in [0.15, 0.2) is 18.2 Å². The summed E-state index contributed by atoms with van der Waals surface area (Å²) in [4.78, 5) is 10.5. The highest BCUT2D eigenvalue weighted by Crippen LogP contribution is 2.08. The molecule has 0 aliphatic heterocycles. The molecule has 0 saturated heterocycles. The Morgan fingerprint density at radius 1 is 1.20 bits per heavy atom. The fourth-order valence-electron chi connectivity index (χ4n) is 1.14. The van der Waals surface area contributed by atoms with Gasteiger partial charge in [0.25, 0.3) is 0 Å². The molecule has 1 rings (SSSR count). The monoisotopic (exact) mass is 210 g/mol. The number of rotatable bonds is 2. The summed E-state index contributed by atoms with van der Waals surface area (Å²) in [7, 11) is 0. The molecule has 0 radical (unpaired) electrons. The van der Waals surface area contributed by atoms with Crippen molar-refractivity contribution in [1.29, 1.82) is 0 Å². The Morgan fingerprint density at radius 3 is 2.27 bits per heavy atom. The van der Waals surface area contributed by atoms with Gasteiger partial charge in [0.15, 0.2) is 6.10 Å². The maximum Gasteiger partial charge on any atom is 0.337 e. The number of aliphatic carboxylic acids is 1. The Balaban J connectivity index is 3.33. The van der Waals surface area contributed by atoms with Gasteiger partial charge in [0.1, 0.15) is 0 Å². The van der Waals surface area contributed by atoms with E-state index in [-0.39, 0.29) is 10.8 Å². The van der Waals surface area contributed by atoms with Gasteiger partial charge in [-0.15, -0.1) is 0 Å². The van der Waals surface area contributed by atoms with Gasteiger partial charge in [-0.2, -0.15) is 0 Å². The van der Waals surface area contributed by atoms with E-state index in [1.54, 1.807) is 0 Å². The molecule has 0 aromatic heterocycles. The van der Waals surface area contributed by atoms with Crippen LogP contribution in [0.4, 0.5) is 0 Å². The molecule has 1 aromatic carbocycles. The fraction of sp³-hybridized carbons (Fsp3) is 0.100. The SMILES string of the molecule is O=C(O)[C@H](O)c1ccc(=CO)c(=CO)c1. The first-order valence-electron chi connectivity index (χ1n) is 4.10. The minimum atomic E-state index is -1.64. The first kappa shape index (κ1) is 11.1. The minimum absolute atomic E-state index is 0.133. The van der Waals surface area contributed by atoms with Gasteiger partial charge in [0.2, 0.25) is 0 Å². The van der Waals surface area contributed by atoms with Crippen LogP contribution < -0.4 is 10.4 Å². The van der Waals surface area contributed by atoms with E-state index in [2.05, 4.69) is 0 Å². The Bertz CT molecular complexity index is 477. The number of aliphatic hydroxyl groups excluding tert-OH is 3. The smallest absolute Gasteiger partial charge is 0.337 e. The lowest BCUT2D eigenvalue weighted by Gasteiger charge is -2.04. The van der Waals surface area contributed by atoms with E-state index in [0.29, 0.717) is 5.22 Å². The molecular formula is C10H10O5. The molecule has 5 nitrogen and oxygen atoms in total. The summed E-state index contributed by atoms with van der Waals surface area (Å²) in [6, 6.07) is 4.03. The maximum atomic E-state index is 10.5. The highest BCUT2D eigenvalue weighted by Gasteiger charge is 2.15. The summed E-state index contributed by atoms with van der Waals surface area (Å²) < 4.78 is 0. The highest BCUT2D eigenvalue weighted by molar-refractivity contribution is 5.73. The molecule has 0 aliphatic carbocycles. The van der Waals surface area contributed by atoms with E-state index in [1.807, 2.05) is 0 Å². The van der Waals surface area contributed by atoms with E-state index in [1.165, 1.54) is 18.2 Å². The molecule has 1 aromatic rings. The molecule has 0 spiro atoms. The van der Waals surface area contributed by atoms with Crippen LogP contribution in [0.25, 0.3) is 12.5 Å². The van der Waals surface area contributed by atoms with Crippen molar-refractivity contribution in [1.82, 2.24) is 0 Å². The van der Waals surface area contributed by atoms with Crippen molar-refractivity contribution in [2.75, 3.05) is 0 Å². The number of carboxylic acids is 1. The van der Waals surface area contributed by atoms with Crippen LogP contribution in [0.3, 0.4) is 0 Å². The summed E-state index contributed by atoms with van der Waals surface area (Å²) in [5.74, 6) is -1.38. The Labute approximate surface area is 84.9 Å². The van der Waals surface area contributed by atoms with Crippen molar-refractivity contribution in [2.24, 2.45) is 0 Å². The zero-order valence-electron chi connectivity index (χ0n) is 7.66. The van der Waals surface area contributed by atoms with Crippen molar-refractivity contribution in [3.63, 3.8) is 0 Å². The molecule has 1 atom stereocenters. The third kappa shape index (κ3) is 2.26. The summed E-state index contributed by atoms with van der Waals surface area (Å²) in [6.07, 6.45) is -0.143. The van der Waals surface area contributed by atoms with Crippen molar-refractivity contribution < 1.29 is 25.2 Å². The molecule has 0 heterocycles. The van der Waals surface area contributed by atoms with E-state index < -0.39 is 12.1 Å². The number of carboxylic acid groups (broad SMARTS) is 1. The van der Waals surface area contributed by atoms with E-state index in [0.717, 1.165) is 12.5 Å². The third-order valence-corrected chi connectivity index (χ3v) is 1.94. The number of hydrogen-bond acceptors (Lipinski definition) is 4. The van der Waals surface area contributed by atoms with Gasteiger partial charge >= 0.3 is 5.97 Å². The lowest BCUT2D eigenvalue weighted by Crippen LogP contribution is -2.26. The fourth-order valence-corrected chi connectivity index (χ4v) is 1.14. The lowest BCUT2D eigenvalue weighted by atomic mass is 10.1. The molecule has 80 valence electrons. The molecular weight excluding hydrogens is 200 g/mol. The van der Waals surface area contributed by atoms with E-state index in [9.17, 15) is 9.90 Å². The van der Waals surface area contributed by atoms with Crippen LogP contribution in [-0.2, 0) is 4.79 Å².